The summed E-state index contributed by atoms with van der Waals surface area (Å²) in [6.07, 6.45) is 1.18. The molecular weight excluding hydrogens is 198 g/mol. The number of benzene rings is 1. The van der Waals surface area contributed by atoms with Crippen molar-refractivity contribution < 1.29 is 4.74 Å². The second-order valence-electron chi connectivity index (χ2n) is 4.28. The van der Waals surface area contributed by atoms with Gasteiger partial charge in [-0.2, -0.15) is 0 Å². The van der Waals surface area contributed by atoms with Gasteiger partial charge in [-0.25, -0.2) is 0 Å². The van der Waals surface area contributed by atoms with E-state index in [1.54, 1.807) is 0 Å². The summed E-state index contributed by atoms with van der Waals surface area (Å²) in [7, 11) is 2.00. The van der Waals surface area contributed by atoms with Gasteiger partial charge in [0.1, 0.15) is 0 Å². The zero-order valence-corrected chi connectivity index (χ0v) is 10.6. The van der Waals surface area contributed by atoms with Gasteiger partial charge in [-0.3, -0.25) is 0 Å². The number of likely N-dealkylation sites (N-methyl/N-ethyl adjacent to an activating group) is 1. The molecule has 90 valence electrons. The van der Waals surface area contributed by atoms with Crippen LogP contribution in [0.25, 0.3) is 0 Å². The molecule has 16 heavy (non-hydrogen) atoms. The van der Waals surface area contributed by atoms with Crippen molar-refractivity contribution in [2.45, 2.75) is 32.9 Å². The van der Waals surface area contributed by atoms with Crippen molar-refractivity contribution in [3.8, 4) is 0 Å². The molecule has 1 N–H and O–H groups in total. The summed E-state index contributed by atoms with van der Waals surface area (Å²) >= 11 is 0. The van der Waals surface area contributed by atoms with Gasteiger partial charge >= 0.3 is 0 Å². The molecule has 2 nitrogen and oxygen atoms in total. The van der Waals surface area contributed by atoms with Gasteiger partial charge in [0.05, 0.1) is 13.2 Å². The van der Waals surface area contributed by atoms with Gasteiger partial charge in [0.25, 0.3) is 0 Å². The third-order valence-corrected chi connectivity index (χ3v) is 3.11. The largest absolute Gasteiger partial charge is 0.375 e. The fourth-order valence-corrected chi connectivity index (χ4v) is 1.69. The smallest absolute Gasteiger partial charge is 0.0717 e. The number of rotatable bonds is 7. The molecule has 0 bridgehead atoms. The molecular formula is C14H23NO. The molecule has 0 radical (unpaired) electrons. The first-order valence-electron chi connectivity index (χ1n) is 6.06. The summed E-state index contributed by atoms with van der Waals surface area (Å²) in [5.74, 6) is 0.653. The molecule has 0 fully saturated rings. The van der Waals surface area contributed by atoms with E-state index < -0.39 is 0 Å². The van der Waals surface area contributed by atoms with Crippen LogP contribution in [-0.4, -0.2) is 19.7 Å². The van der Waals surface area contributed by atoms with Gasteiger partial charge in [-0.1, -0.05) is 50.6 Å². The molecule has 0 spiro atoms. The molecule has 1 aromatic rings. The van der Waals surface area contributed by atoms with E-state index in [-0.39, 0.29) is 0 Å². The lowest BCUT2D eigenvalue weighted by Crippen LogP contribution is -2.36. The molecule has 2 unspecified atom stereocenters. The number of hydrogen-bond acceptors (Lipinski definition) is 2. The number of ether oxygens (including phenoxy) is 1. The Balaban J connectivity index is 2.28. The van der Waals surface area contributed by atoms with E-state index in [4.69, 9.17) is 4.74 Å². The van der Waals surface area contributed by atoms with E-state index in [0.29, 0.717) is 18.6 Å². The molecule has 0 amide bonds. The Labute approximate surface area is 99.0 Å². The van der Waals surface area contributed by atoms with E-state index in [1.165, 1.54) is 12.0 Å². The third kappa shape index (κ3) is 4.33. The highest BCUT2D eigenvalue weighted by atomic mass is 16.5. The maximum Gasteiger partial charge on any atom is 0.0717 e. The Morgan fingerprint density at radius 2 is 1.94 bits per heavy atom. The highest BCUT2D eigenvalue weighted by molar-refractivity contribution is 5.13. The van der Waals surface area contributed by atoms with Crippen molar-refractivity contribution in [2.24, 2.45) is 5.92 Å². The predicted octanol–water partition coefficient (Wildman–Crippen LogP) is 2.84. The van der Waals surface area contributed by atoms with Crippen LogP contribution in [0.2, 0.25) is 0 Å². The van der Waals surface area contributed by atoms with Gasteiger partial charge in [0.15, 0.2) is 0 Å². The quantitative estimate of drug-likeness (QED) is 0.764. The van der Waals surface area contributed by atoms with Crippen LogP contribution < -0.4 is 5.32 Å². The van der Waals surface area contributed by atoms with Crippen LogP contribution in [0.15, 0.2) is 30.3 Å². The van der Waals surface area contributed by atoms with Crippen LogP contribution in [0.5, 0.6) is 0 Å². The molecule has 0 aliphatic heterocycles. The molecule has 0 aliphatic carbocycles. The van der Waals surface area contributed by atoms with Crippen molar-refractivity contribution in [3.05, 3.63) is 35.9 Å². The first kappa shape index (κ1) is 13.2. The van der Waals surface area contributed by atoms with Crippen LogP contribution in [0.3, 0.4) is 0 Å². The minimum Gasteiger partial charge on any atom is -0.375 e. The summed E-state index contributed by atoms with van der Waals surface area (Å²) in [4.78, 5) is 0. The van der Waals surface area contributed by atoms with E-state index in [9.17, 15) is 0 Å². The van der Waals surface area contributed by atoms with Gasteiger partial charge < -0.3 is 10.1 Å². The lowest BCUT2D eigenvalue weighted by molar-refractivity contribution is 0.0856. The maximum atomic E-state index is 5.73. The average molecular weight is 221 g/mol. The molecule has 0 heterocycles. The van der Waals surface area contributed by atoms with Gasteiger partial charge in [-0.15, -0.1) is 0 Å². The Bertz CT molecular complexity index is 273. The van der Waals surface area contributed by atoms with Crippen molar-refractivity contribution in [3.63, 3.8) is 0 Å². The summed E-state index contributed by atoms with van der Waals surface area (Å²) in [5.41, 5.74) is 1.24. The predicted molar refractivity (Wildman–Crippen MR) is 68.4 cm³/mol. The van der Waals surface area contributed by atoms with Crippen LogP contribution in [0, 0.1) is 5.92 Å². The molecule has 2 atom stereocenters. The normalized spacial score (nSPS) is 14.7. The first-order valence-corrected chi connectivity index (χ1v) is 6.06. The molecule has 1 rings (SSSR count). The second kappa shape index (κ2) is 7.42. The van der Waals surface area contributed by atoms with Crippen molar-refractivity contribution in [2.75, 3.05) is 13.7 Å². The zero-order chi connectivity index (χ0) is 11.8. The van der Waals surface area contributed by atoms with E-state index in [1.807, 2.05) is 25.2 Å². The topological polar surface area (TPSA) is 21.3 Å². The number of nitrogens with one attached hydrogen (secondary N) is 1. The van der Waals surface area contributed by atoms with E-state index >= 15 is 0 Å². The Morgan fingerprint density at radius 3 is 2.50 bits per heavy atom. The fourth-order valence-electron chi connectivity index (χ4n) is 1.69. The monoisotopic (exact) mass is 221 g/mol. The van der Waals surface area contributed by atoms with Crippen LogP contribution in [0.1, 0.15) is 25.8 Å². The Kier molecular flexibility index (Phi) is 6.12. The van der Waals surface area contributed by atoms with Gasteiger partial charge in [-0.05, 0) is 18.5 Å². The van der Waals surface area contributed by atoms with Crippen molar-refractivity contribution >= 4 is 0 Å². The summed E-state index contributed by atoms with van der Waals surface area (Å²) < 4.78 is 5.73. The van der Waals surface area contributed by atoms with Crippen LogP contribution in [0.4, 0.5) is 0 Å². The minimum absolute atomic E-state index is 0.453. The molecule has 0 saturated heterocycles. The molecule has 0 aromatic heterocycles. The van der Waals surface area contributed by atoms with E-state index in [0.717, 1.165) is 6.61 Å². The van der Waals surface area contributed by atoms with Crippen molar-refractivity contribution in [1.29, 1.82) is 0 Å². The summed E-state index contributed by atoms with van der Waals surface area (Å²) in [6.45, 7) is 5.95. The summed E-state index contributed by atoms with van der Waals surface area (Å²) in [6, 6.07) is 10.8. The lowest BCUT2D eigenvalue weighted by Gasteiger charge is -2.22. The average Bonchev–Trinajstić information content (AvgIpc) is 2.35. The first-order chi connectivity index (χ1) is 7.77. The Morgan fingerprint density at radius 1 is 1.25 bits per heavy atom. The molecule has 1 aromatic carbocycles. The van der Waals surface area contributed by atoms with Crippen LogP contribution in [-0.2, 0) is 11.3 Å². The lowest BCUT2D eigenvalue weighted by atomic mass is 10.0. The van der Waals surface area contributed by atoms with E-state index in [2.05, 4.69) is 31.3 Å². The molecule has 0 aliphatic rings. The van der Waals surface area contributed by atoms with Gasteiger partial charge in [0.2, 0.25) is 0 Å². The number of hydrogen-bond donors (Lipinski definition) is 1. The Hall–Kier alpha value is -0.860. The van der Waals surface area contributed by atoms with Crippen molar-refractivity contribution in [1.82, 2.24) is 5.32 Å². The summed E-state index contributed by atoms with van der Waals surface area (Å²) in [5, 5.41) is 3.31. The standard InChI is InChI=1S/C14H23NO/c1-4-12(2)14(15-3)11-16-10-13-8-6-5-7-9-13/h5-9,12,14-15H,4,10-11H2,1-3H3. The maximum absolute atomic E-state index is 5.73. The minimum atomic E-state index is 0.453. The zero-order valence-electron chi connectivity index (χ0n) is 10.6. The third-order valence-electron chi connectivity index (χ3n) is 3.11. The second-order valence-corrected chi connectivity index (χ2v) is 4.28. The highest BCUT2D eigenvalue weighted by Gasteiger charge is 2.13. The highest BCUT2D eigenvalue weighted by Crippen LogP contribution is 2.09. The molecule has 0 saturated carbocycles. The van der Waals surface area contributed by atoms with Gasteiger partial charge in [0, 0.05) is 6.04 Å². The molecule has 2 heteroatoms. The SMILES string of the molecule is CCC(C)C(COCc1ccccc1)NC. The fraction of sp³-hybridized carbons (Fsp3) is 0.571. The van der Waals surface area contributed by atoms with Crippen LogP contribution >= 0.6 is 0 Å².